The number of nitrogens with zero attached hydrogens (tertiary/aromatic N) is 1. The van der Waals surface area contributed by atoms with Gasteiger partial charge in [-0.1, -0.05) is 26.0 Å². The average Bonchev–Trinajstić information content (AvgIpc) is 2.37. The second kappa shape index (κ2) is 6.19. The van der Waals surface area contributed by atoms with E-state index in [1.54, 1.807) is 13.1 Å². The van der Waals surface area contributed by atoms with Crippen LogP contribution in [-0.4, -0.2) is 37.5 Å². The predicted octanol–water partition coefficient (Wildman–Crippen LogP) is 2.05. The van der Waals surface area contributed by atoms with Crippen molar-refractivity contribution >= 4 is 11.9 Å². The second-order valence-electron chi connectivity index (χ2n) is 4.52. The first-order valence-corrected chi connectivity index (χ1v) is 5.88. The summed E-state index contributed by atoms with van der Waals surface area (Å²) in [5.41, 5.74) is 1.69. The van der Waals surface area contributed by atoms with Crippen LogP contribution in [0, 0.1) is 0 Å². The van der Waals surface area contributed by atoms with E-state index in [0.29, 0.717) is 11.5 Å². The van der Waals surface area contributed by atoms with Gasteiger partial charge in [-0.2, -0.15) is 0 Å². The fraction of sp³-hybridized carbons (Fsp3) is 0.429. The number of carbonyl (C=O) groups is 2. The van der Waals surface area contributed by atoms with Gasteiger partial charge in [0.15, 0.2) is 0 Å². The smallest absolute Gasteiger partial charge is 0.325 e. The summed E-state index contributed by atoms with van der Waals surface area (Å²) in [6.45, 7) is 4.10. The summed E-state index contributed by atoms with van der Waals surface area (Å²) in [5, 5.41) is 0. The van der Waals surface area contributed by atoms with Crippen LogP contribution in [0.3, 0.4) is 0 Å². The number of esters is 1. The molecule has 0 unspecified atom stereocenters. The lowest BCUT2D eigenvalue weighted by molar-refractivity contribution is -0.141. The van der Waals surface area contributed by atoms with Crippen molar-refractivity contribution in [2.24, 2.45) is 0 Å². The van der Waals surface area contributed by atoms with E-state index < -0.39 is 5.97 Å². The van der Waals surface area contributed by atoms with Gasteiger partial charge in [-0.05, 0) is 23.6 Å². The Morgan fingerprint density at radius 3 is 2.56 bits per heavy atom. The van der Waals surface area contributed by atoms with Gasteiger partial charge in [0.25, 0.3) is 5.91 Å². The molecule has 1 rings (SSSR count). The van der Waals surface area contributed by atoms with E-state index >= 15 is 0 Å². The van der Waals surface area contributed by atoms with Gasteiger partial charge >= 0.3 is 5.97 Å². The molecule has 98 valence electrons. The number of likely N-dealkylation sites (N-methyl/N-ethyl adjacent to an activating group) is 1. The molecule has 1 aromatic carbocycles. The molecule has 18 heavy (non-hydrogen) atoms. The van der Waals surface area contributed by atoms with Crippen LogP contribution in [0.4, 0.5) is 0 Å². The van der Waals surface area contributed by atoms with Gasteiger partial charge in [-0.25, -0.2) is 0 Å². The van der Waals surface area contributed by atoms with E-state index in [4.69, 9.17) is 0 Å². The van der Waals surface area contributed by atoms with Crippen LogP contribution >= 0.6 is 0 Å². The molecular weight excluding hydrogens is 230 g/mol. The molecule has 0 bridgehead atoms. The van der Waals surface area contributed by atoms with Crippen LogP contribution in [0.1, 0.15) is 35.7 Å². The molecule has 4 heteroatoms. The lowest BCUT2D eigenvalue weighted by Gasteiger charge is -2.16. The van der Waals surface area contributed by atoms with Crippen molar-refractivity contribution in [1.82, 2.24) is 4.90 Å². The van der Waals surface area contributed by atoms with E-state index in [0.717, 1.165) is 5.56 Å². The van der Waals surface area contributed by atoms with Crippen LogP contribution in [-0.2, 0) is 9.53 Å². The van der Waals surface area contributed by atoms with Gasteiger partial charge in [-0.15, -0.1) is 0 Å². The largest absolute Gasteiger partial charge is 0.468 e. The summed E-state index contributed by atoms with van der Waals surface area (Å²) < 4.78 is 4.54. The zero-order chi connectivity index (χ0) is 13.7. The maximum Gasteiger partial charge on any atom is 0.325 e. The molecule has 0 aliphatic carbocycles. The number of hydrogen-bond donors (Lipinski definition) is 0. The number of carbonyl (C=O) groups excluding carboxylic acids is 2. The van der Waals surface area contributed by atoms with Crippen molar-refractivity contribution in [3.63, 3.8) is 0 Å². The molecule has 0 aromatic heterocycles. The van der Waals surface area contributed by atoms with Gasteiger partial charge in [0.2, 0.25) is 0 Å². The number of rotatable bonds is 4. The lowest BCUT2D eigenvalue weighted by atomic mass is 10.0. The Morgan fingerprint density at radius 1 is 1.33 bits per heavy atom. The number of ether oxygens (including phenoxy) is 1. The fourth-order valence-electron chi connectivity index (χ4n) is 1.58. The van der Waals surface area contributed by atoms with E-state index in [2.05, 4.69) is 18.6 Å². The fourth-order valence-corrected chi connectivity index (χ4v) is 1.58. The highest BCUT2D eigenvalue weighted by molar-refractivity contribution is 5.95. The molecule has 0 heterocycles. The summed E-state index contributed by atoms with van der Waals surface area (Å²) in [6, 6.07) is 7.46. The van der Waals surface area contributed by atoms with Crippen molar-refractivity contribution in [2.45, 2.75) is 19.8 Å². The van der Waals surface area contributed by atoms with Crippen LogP contribution in [0.25, 0.3) is 0 Å². The van der Waals surface area contributed by atoms with E-state index in [1.165, 1.54) is 12.0 Å². The minimum Gasteiger partial charge on any atom is -0.468 e. The molecule has 0 aliphatic heterocycles. The van der Waals surface area contributed by atoms with Crippen molar-refractivity contribution in [3.8, 4) is 0 Å². The first-order valence-electron chi connectivity index (χ1n) is 5.88. The molecule has 0 spiro atoms. The molecule has 0 saturated carbocycles. The second-order valence-corrected chi connectivity index (χ2v) is 4.52. The zero-order valence-corrected chi connectivity index (χ0v) is 11.3. The third-order valence-corrected chi connectivity index (χ3v) is 2.74. The van der Waals surface area contributed by atoms with Crippen LogP contribution < -0.4 is 0 Å². The van der Waals surface area contributed by atoms with Gasteiger partial charge in [0.05, 0.1) is 7.11 Å². The Hall–Kier alpha value is -1.84. The normalized spacial score (nSPS) is 10.3. The molecule has 0 fully saturated rings. The Kier molecular flexibility index (Phi) is 4.89. The Bertz CT molecular complexity index is 440. The van der Waals surface area contributed by atoms with Crippen molar-refractivity contribution in [1.29, 1.82) is 0 Å². The first-order chi connectivity index (χ1) is 8.45. The van der Waals surface area contributed by atoms with E-state index in [-0.39, 0.29) is 12.5 Å². The molecule has 0 atom stereocenters. The summed E-state index contributed by atoms with van der Waals surface area (Å²) in [4.78, 5) is 24.6. The number of methoxy groups -OCH3 is 1. The van der Waals surface area contributed by atoms with Gasteiger partial charge in [-0.3, -0.25) is 9.59 Å². The third kappa shape index (κ3) is 3.58. The number of benzene rings is 1. The number of hydrogen-bond acceptors (Lipinski definition) is 3. The topological polar surface area (TPSA) is 46.6 Å². The predicted molar refractivity (Wildman–Crippen MR) is 69.5 cm³/mol. The summed E-state index contributed by atoms with van der Waals surface area (Å²) in [5.74, 6) is -0.238. The maximum absolute atomic E-state index is 12.1. The molecule has 1 amide bonds. The standard InChI is InChI=1S/C14H19NO3/c1-10(2)11-6-5-7-12(8-11)14(17)15(3)9-13(16)18-4/h5-8,10H,9H2,1-4H3. The van der Waals surface area contributed by atoms with Gasteiger partial charge in [0.1, 0.15) is 6.54 Å². The monoisotopic (exact) mass is 249 g/mol. The van der Waals surface area contributed by atoms with Crippen LogP contribution in [0.5, 0.6) is 0 Å². The van der Waals surface area contributed by atoms with Crippen molar-refractivity contribution in [3.05, 3.63) is 35.4 Å². The highest BCUT2D eigenvalue weighted by Crippen LogP contribution is 2.16. The SMILES string of the molecule is COC(=O)CN(C)C(=O)c1cccc(C(C)C)c1. The summed E-state index contributed by atoms with van der Waals surface area (Å²) in [6.07, 6.45) is 0. The quantitative estimate of drug-likeness (QED) is 0.767. The van der Waals surface area contributed by atoms with E-state index in [9.17, 15) is 9.59 Å². The molecule has 0 saturated heterocycles. The Labute approximate surface area is 108 Å². The van der Waals surface area contributed by atoms with Crippen molar-refractivity contribution < 1.29 is 14.3 Å². The number of amides is 1. The van der Waals surface area contributed by atoms with Crippen LogP contribution in [0.15, 0.2) is 24.3 Å². The third-order valence-electron chi connectivity index (χ3n) is 2.74. The van der Waals surface area contributed by atoms with Crippen LogP contribution in [0.2, 0.25) is 0 Å². The summed E-state index contributed by atoms with van der Waals surface area (Å²) >= 11 is 0. The van der Waals surface area contributed by atoms with Gasteiger partial charge in [0, 0.05) is 12.6 Å². The molecule has 4 nitrogen and oxygen atoms in total. The van der Waals surface area contributed by atoms with Crippen molar-refractivity contribution in [2.75, 3.05) is 20.7 Å². The Balaban J connectivity index is 2.83. The summed E-state index contributed by atoms with van der Waals surface area (Å²) in [7, 11) is 2.89. The Morgan fingerprint density at radius 2 is 2.00 bits per heavy atom. The average molecular weight is 249 g/mol. The molecular formula is C14H19NO3. The van der Waals surface area contributed by atoms with Gasteiger partial charge < -0.3 is 9.64 Å². The highest BCUT2D eigenvalue weighted by Gasteiger charge is 2.15. The lowest BCUT2D eigenvalue weighted by Crippen LogP contribution is -2.32. The zero-order valence-electron chi connectivity index (χ0n) is 11.3. The maximum atomic E-state index is 12.1. The molecule has 0 aliphatic rings. The minimum absolute atomic E-state index is 0.0404. The molecule has 0 N–H and O–H groups in total. The van der Waals surface area contributed by atoms with E-state index in [1.807, 2.05) is 18.2 Å². The molecule has 0 radical (unpaired) electrons. The highest BCUT2D eigenvalue weighted by atomic mass is 16.5. The minimum atomic E-state index is -0.425. The first kappa shape index (κ1) is 14.2. The molecule has 1 aromatic rings.